The largest absolute Gasteiger partial charge is 0.491 e. The first-order chi connectivity index (χ1) is 11.5. The monoisotopic (exact) mass is 327 g/mol. The fourth-order valence-corrected chi connectivity index (χ4v) is 2.74. The lowest BCUT2D eigenvalue weighted by Crippen LogP contribution is -2.35. The van der Waals surface area contributed by atoms with Crippen LogP contribution < -0.4 is 14.0 Å². The van der Waals surface area contributed by atoms with Gasteiger partial charge in [-0.25, -0.2) is 4.63 Å². The van der Waals surface area contributed by atoms with Crippen LogP contribution in [-0.2, 0) is 0 Å². The lowest BCUT2D eigenvalue weighted by molar-refractivity contribution is -0.585. The van der Waals surface area contributed by atoms with Crippen LogP contribution in [0.1, 0.15) is 19.4 Å². The molecule has 0 radical (unpaired) electrons. The van der Waals surface area contributed by atoms with Gasteiger partial charge in [0, 0.05) is 17.7 Å². The quantitative estimate of drug-likeness (QED) is 0.669. The Hall–Kier alpha value is -3.16. The van der Waals surface area contributed by atoms with E-state index in [4.69, 9.17) is 14.1 Å². The van der Waals surface area contributed by atoms with Crippen molar-refractivity contribution in [2.24, 2.45) is 0 Å². The van der Waals surface area contributed by atoms with E-state index in [1.54, 1.807) is 24.4 Å². The van der Waals surface area contributed by atoms with Gasteiger partial charge in [0.2, 0.25) is 0 Å². The first-order valence-corrected chi connectivity index (χ1v) is 7.35. The summed E-state index contributed by atoms with van der Waals surface area (Å²) in [5, 5.41) is 7.69. The Morgan fingerprint density at radius 1 is 1.25 bits per heavy atom. The fraction of sp³-hybridized carbons (Fsp3) is 0.250. The molecule has 0 bridgehead atoms. The molecule has 0 fully saturated rings. The second-order valence-corrected chi connectivity index (χ2v) is 6.03. The summed E-state index contributed by atoms with van der Waals surface area (Å²) in [5.41, 5.74) is 2.02. The van der Waals surface area contributed by atoms with E-state index in [-0.39, 0.29) is 0 Å². The van der Waals surface area contributed by atoms with Gasteiger partial charge in [0.1, 0.15) is 28.1 Å². The smallest absolute Gasteiger partial charge is 0.299 e. The van der Waals surface area contributed by atoms with Gasteiger partial charge in [0.25, 0.3) is 6.20 Å². The molecular weight excluding hydrogens is 312 g/mol. The topological polar surface area (TPSA) is 85.3 Å². The number of fused-ring (bicyclic) bond motifs is 2. The van der Waals surface area contributed by atoms with Crippen LogP contribution in [0, 0.1) is 4.91 Å². The molecule has 8 heteroatoms. The number of benzene rings is 1. The van der Waals surface area contributed by atoms with Crippen LogP contribution in [0.2, 0.25) is 0 Å². The number of ether oxygens (including phenoxy) is 2. The van der Waals surface area contributed by atoms with E-state index in [0.29, 0.717) is 32.8 Å². The lowest BCUT2D eigenvalue weighted by Gasteiger charge is -2.29. The molecule has 1 aliphatic rings. The van der Waals surface area contributed by atoms with E-state index in [2.05, 4.69) is 10.3 Å². The zero-order valence-corrected chi connectivity index (χ0v) is 13.4. The summed E-state index contributed by atoms with van der Waals surface area (Å²) >= 11 is 0. The van der Waals surface area contributed by atoms with Gasteiger partial charge >= 0.3 is 0 Å². The van der Waals surface area contributed by atoms with Crippen LogP contribution in [-0.4, -0.2) is 27.7 Å². The molecule has 1 aromatic carbocycles. The van der Waals surface area contributed by atoms with Gasteiger partial charge in [-0.2, -0.15) is 0 Å². The van der Waals surface area contributed by atoms with Crippen LogP contribution in [0.5, 0.6) is 11.5 Å². The molecule has 0 atom stereocenters. The fourth-order valence-electron chi connectivity index (χ4n) is 2.74. The number of nitrogens with zero attached hydrogens (tertiary/aromatic N) is 4. The zero-order valence-electron chi connectivity index (χ0n) is 13.4. The predicted octanol–water partition coefficient (Wildman–Crippen LogP) is 2.01. The third-order valence-corrected chi connectivity index (χ3v) is 3.80. The standard InChI is InChI=1S/C16H15N4O4/c1-16(2)8-14(19-5-4-10(22-3)9-20(19)21)11-6-12-13(18-24-17-12)7-15(11)23-16/h4-9H,1-3H3/q+1. The first kappa shape index (κ1) is 14.4. The maximum Gasteiger partial charge on any atom is 0.299 e. The molecule has 0 N–H and O–H groups in total. The minimum atomic E-state index is -0.590. The highest BCUT2D eigenvalue weighted by Gasteiger charge is 2.31. The van der Waals surface area contributed by atoms with Gasteiger partial charge in [0.15, 0.2) is 10.3 Å². The minimum absolute atomic E-state index is 0.476. The van der Waals surface area contributed by atoms with Crippen molar-refractivity contribution in [1.82, 2.24) is 15.0 Å². The molecule has 0 amide bonds. The van der Waals surface area contributed by atoms with Gasteiger partial charge < -0.3 is 9.47 Å². The molecule has 8 nitrogen and oxygen atoms in total. The maximum atomic E-state index is 12.4. The van der Waals surface area contributed by atoms with Crippen molar-refractivity contribution in [3.05, 3.63) is 47.1 Å². The Bertz CT molecular complexity index is 1030. The third-order valence-electron chi connectivity index (χ3n) is 3.80. The normalized spacial score (nSPS) is 15.5. The third kappa shape index (κ3) is 2.23. The molecule has 0 saturated carbocycles. The van der Waals surface area contributed by atoms with E-state index in [9.17, 15) is 4.91 Å². The van der Waals surface area contributed by atoms with Crippen molar-refractivity contribution in [3.63, 3.8) is 0 Å². The van der Waals surface area contributed by atoms with Gasteiger partial charge in [-0.1, -0.05) is 4.68 Å². The highest BCUT2D eigenvalue weighted by molar-refractivity contribution is 5.84. The molecule has 0 saturated heterocycles. The Morgan fingerprint density at radius 3 is 2.71 bits per heavy atom. The molecule has 3 heterocycles. The van der Waals surface area contributed by atoms with Crippen molar-refractivity contribution in [1.29, 1.82) is 0 Å². The van der Waals surface area contributed by atoms with Crippen LogP contribution in [0.25, 0.3) is 16.7 Å². The van der Waals surface area contributed by atoms with Crippen LogP contribution in [0.15, 0.2) is 41.3 Å². The van der Waals surface area contributed by atoms with Crippen molar-refractivity contribution in [3.8, 4) is 11.5 Å². The number of rotatable bonds is 2. The molecule has 24 heavy (non-hydrogen) atoms. The van der Waals surface area contributed by atoms with E-state index >= 15 is 0 Å². The van der Waals surface area contributed by atoms with Crippen molar-refractivity contribution in [2.75, 3.05) is 7.11 Å². The van der Waals surface area contributed by atoms with Gasteiger partial charge in [-0.05, 0) is 36.3 Å². The number of aromatic nitrogens is 4. The SMILES string of the molecule is COc1ccn(C2=CC(C)(C)Oc3cc4nonc4cc32)[n+](=O)c1. The van der Waals surface area contributed by atoms with Crippen LogP contribution in [0.4, 0.5) is 0 Å². The highest BCUT2D eigenvalue weighted by atomic mass is 16.6. The Kier molecular flexibility index (Phi) is 2.96. The molecule has 2 aromatic heterocycles. The van der Waals surface area contributed by atoms with E-state index in [1.807, 2.05) is 19.9 Å². The van der Waals surface area contributed by atoms with E-state index in [0.717, 1.165) is 5.56 Å². The van der Waals surface area contributed by atoms with E-state index in [1.165, 1.54) is 18.0 Å². The second-order valence-electron chi connectivity index (χ2n) is 6.03. The molecular formula is C16H15N4O4+. The Balaban J connectivity index is 1.97. The number of hydrogen-bond acceptors (Lipinski definition) is 6. The lowest BCUT2D eigenvalue weighted by atomic mass is 9.98. The summed E-state index contributed by atoms with van der Waals surface area (Å²) in [5.74, 6) is 1.09. The number of methoxy groups -OCH3 is 1. The summed E-state index contributed by atoms with van der Waals surface area (Å²) < 4.78 is 18.0. The van der Waals surface area contributed by atoms with Gasteiger partial charge in [-0.3, -0.25) is 0 Å². The summed E-state index contributed by atoms with van der Waals surface area (Å²) in [6.45, 7) is 3.83. The summed E-state index contributed by atoms with van der Waals surface area (Å²) in [4.78, 5) is 12.4. The Labute approximate surface area is 136 Å². The number of hydrogen-bond donors (Lipinski definition) is 0. The maximum absolute atomic E-state index is 12.4. The molecule has 1 aliphatic heterocycles. The van der Waals surface area contributed by atoms with Crippen LogP contribution in [0.3, 0.4) is 0 Å². The molecule has 0 spiro atoms. The zero-order chi connectivity index (χ0) is 16.9. The summed E-state index contributed by atoms with van der Waals surface area (Å²) in [6.07, 6.45) is 4.89. The predicted molar refractivity (Wildman–Crippen MR) is 84.2 cm³/mol. The van der Waals surface area contributed by atoms with Crippen molar-refractivity contribution in [2.45, 2.75) is 19.4 Å². The van der Waals surface area contributed by atoms with Crippen molar-refractivity contribution >= 4 is 16.7 Å². The highest BCUT2D eigenvalue weighted by Crippen LogP contribution is 2.38. The van der Waals surface area contributed by atoms with Gasteiger partial charge in [0.05, 0.1) is 18.2 Å². The summed E-state index contributed by atoms with van der Waals surface area (Å²) in [6, 6.07) is 5.27. The Morgan fingerprint density at radius 2 is 2.00 bits per heavy atom. The van der Waals surface area contributed by atoms with Crippen LogP contribution >= 0.6 is 0 Å². The van der Waals surface area contributed by atoms with Crippen molar-refractivity contribution < 1.29 is 18.6 Å². The molecule has 0 unspecified atom stereocenters. The molecule has 122 valence electrons. The summed E-state index contributed by atoms with van der Waals surface area (Å²) in [7, 11) is 1.51. The van der Waals surface area contributed by atoms with E-state index < -0.39 is 5.60 Å². The molecule has 3 aromatic rings. The average molecular weight is 327 g/mol. The first-order valence-electron chi connectivity index (χ1n) is 7.35. The van der Waals surface area contributed by atoms with Gasteiger partial charge in [-0.15, -0.1) is 0 Å². The minimum Gasteiger partial charge on any atom is -0.491 e. The molecule has 0 aliphatic carbocycles. The second kappa shape index (κ2) is 4.92. The molecule has 4 rings (SSSR count). The average Bonchev–Trinajstić information content (AvgIpc) is 2.98.